The van der Waals surface area contributed by atoms with Gasteiger partial charge in [0, 0.05) is 29.7 Å². The molecule has 2 aliphatic rings. The van der Waals surface area contributed by atoms with Crippen molar-refractivity contribution in [3.05, 3.63) is 82.3 Å². The number of phenols is 2. The highest BCUT2D eigenvalue weighted by molar-refractivity contribution is 8.00. The van der Waals surface area contributed by atoms with Crippen molar-refractivity contribution in [3.8, 4) is 11.5 Å². The lowest BCUT2D eigenvalue weighted by atomic mass is 9.89. The summed E-state index contributed by atoms with van der Waals surface area (Å²) in [5, 5.41) is 44.2. The molecule has 6 N–H and O–H groups in total. The Kier molecular flexibility index (Phi) is 9.35. The number of nitrogens with two attached hydrogens (primary N) is 1. The molecule has 1 fully saturated rings. The van der Waals surface area contributed by atoms with Crippen LogP contribution >= 0.6 is 23.1 Å². The summed E-state index contributed by atoms with van der Waals surface area (Å²) >= 11 is 2.38. The number of imidazole rings is 1. The highest BCUT2D eigenvalue weighted by Crippen LogP contribution is 2.45. The number of aromatic nitrogens is 3. The van der Waals surface area contributed by atoms with E-state index in [2.05, 4.69) is 10.1 Å². The Morgan fingerprint density at radius 2 is 1.84 bits per heavy atom. The summed E-state index contributed by atoms with van der Waals surface area (Å²) in [6.45, 7) is 3.02. The molecule has 0 radical (unpaired) electrons. The number of carbonyl (C=O) groups is 4. The molecule has 17 heteroatoms. The maximum Gasteiger partial charge on any atom is 0.352 e. The first-order valence-corrected chi connectivity index (χ1v) is 17.4. The summed E-state index contributed by atoms with van der Waals surface area (Å²) in [5.41, 5.74) is 7.31. The van der Waals surface area contributed by atoms with Crippen molar-refractivity contribution in [1.29, 1.82) is 0 Å². The number of nitrogen functional groups attached to an aromatic ring is 1. The molecule has 6 rings (SSSR count). The van der Waals surface area contributed by atoms with Crippen LogP contribution in [-0.2, 0) is 37.6 Å². The Bertz CT molecular complexity index is 2180. The fraction of sp³-hybridized carbons (Fsp3) is 0.265. The number of ketones is 1. The number of oxime groups is 1. The lowest BCUT2D eigenvalue weighted by Crippen LogP contribution is -2.62. The maximum atomic E-state index is 13.4. The van der Waals surface area contributed by atoms with E-state index in [-0.39, 0.29) is 45.9 Å². The zero-order valence-electron chi connectivity index (χ0n) is 27.5. The van der Waals surface area contributed by atoms with Gasteiger partial charge in [0.2, 0.25) is 17.8 Å². The molecule has 0 unspecified atom stereocenters. The number of carboxylic acid groups (broad SMARTS) is 2. The Labute approximate surface area is 298 Å². The molecule has 0 bridgehead atoms. The third-order valence-corrected chi connectivity index (χ3v) is 10.5. The van der Waals surface area contributed by atoms with E-state index in [1.165, 1.54) is 48.0 Å². The number of aryl methyl sites for hydroxylation is 1. The van der Waals surface area contributed by atoms with Gasteiger partial charge in [-0.25, -0.2) is 23.7 Å². The summed E-state index contributed by atoms with van der Waals surface area (Å²) in [6, 6.07) is 10.6. The standard InChI is InChI=1S/C34H32N6O9S2/c1-34(2,32(47)48)49-37-27(21-15-51-33(35)36-21)26(43)10-20-29(44)40-28(31(45)46)19(14-50-30(20)40)9-8-17-4-6-18(7-5-17)13-39-16-38(3)22-11-24(41)25(42)12-23(22)39/h4-9,11-12,15-16,20,30H,10,13-14H2,1-3H3,(H5-,35,36,37,41,42,43,45,46,47,48)/p+1/t20-,30-/m1/s1. The molecule has 4 heterocycles. The molecule has 15 nitrogen and oxygen atoms in total. The van der Waals surface area contributed by atoms with Crippen molar-refractivity contribution in [2.45, 2.75) is 37.8 Å². The molecular weight excluding hydrogens is 701 g/mol. The van der Waals surface area contributed by atoms with Gasteiger partial charge in [-0.05, 0) is 30.5 Å². The number of amides is 1. The Morgan fingerprint density at radius 3 is 2.49 bits per heavy atom. The van der Waals surface area contributed by atoms with E-state index in [0.717, 1.165) is 33.5 Å². The van der Waals surface area contributed by atoms with Crippen LogP contribution in [0.25, 0.3) is 17.1 Å². The third kappa shape index (κ3) is 6.89. The highest BCUT2D eigenvalue weighted by Gasteiger charge is 2.54. The molecule has 51 heavy (non-hydrogen) atoms. The quantitative estimate of drug-likeness (QED) is 0.0466. The van der Waals surface area contributed by atoms with Crippen molar-refractivity contribution in [1.82, 2.24) is 14.5 Å². The Morgan fingerprint density at radius 1 is 1.14 bits per heavy atom. The molecule has 2 aromatic heterocycles. The smallest absolute Gasteiger partial charge is 0.352 e. The van der Waals surface area contributed by atoms with Crippen LogP contribution in [0.2, 0.25) is 0 Å². The minimum absolute atomic E-state index is 0.0731. The number of rotatable bonds is 12. The monoisotopic (exact) mass is 733 g/mol. The van der Waals surface area contributed by atoms with Crippen LogP contribution < -0.4 is 10.3 Å². The molecule has 0 saturated carbocycles. The summed E-state index contributed by atoms with van der Waals surface area (Å²) in [7, 11) is 1.84. The van der Waals surface area contributed by atoms with Crippen LogP contribution in [-0.4, -0.2) is 80.9 Å². The van der Waals surface area contributed by atoms with E-state index in [9.17, 15) is 39.6 Å². The molecule has 0 spiro atoms. The SMILES string of the molecule is C[n+]1cn(Cc2ccc(C=CC3=C(C(=O)O)N4C(=O)[C@@H](CC(=O)/C(=N\OC(C)(C)C(=O)O)c5csc(N)n5)[C@H]4SC3)cc2)c2cc(O)c(O)cc21. The van der Waals surface area contributed by atoms with Crippen molar-refractivity contribution in [2.75, 3.05) is 11.5 Å². The van der Waals surface area contributed by atoms with Gasteiger partial charge in [-0.3, -0.25) is 14.5 Å². The summed E-state index contributed by atoms with van der Waals surface area (Å²) in [6.07, 6.45) is 4.97. The van der Waals surface area contributed by atoms with Gasteiger partial charge < -0.3 is 31.0 Å². The number of allylic oxidation sites excluding steroid dienone is 1. The number of nitrogens with zero attached hydrogens (tertiary/aromatic N) is 5. The number of β-lactam (4-membered cyclic amide) rings is 1. The van der Waals surface area contributed by atoms with Crippen LogP contribution in [0.5, 0.6) is 11.5 Å². The minimum Gasteiger partial charge on any atom is -0.504 e. The van der Waals surface area contributed by atoms with Gasteiger partial charge in [0.05, 0.1) is 18.3 Å². The molecule has 2 aliphatic heterocycles. The lowest BCUT2D eigenvalue weighted by molar-refractivity contribution is -0.645. The predicted octanol–water partition coefficient (Wildman–Crippen LogP) is 3.09. The van der Waals surface area contributed by atoms with Crippen LogP contribution in [0, 0.1) is 5.92 Å². The zero-order chi connectivity index (χ0) is 36.8. The topological polar surface area (TPSA) is 222 Å². The number of Topliss-reactive ketones (excluding diaryl/α,β-unsaturated/α-hetero) is 1. The molecule has 1 amide bonds. The minimum atomic E-state index is -1.75. The van der Waals surface area contributed by atoms with Crippen molar-refractivity contribution in [3.63, 3.8) is 0 Å². The van der Waals surface area contributed by atoms with Crippen LogP contribution in [0.3, 0.4) is 0 Å². The number of aliphatic carboxylic acids is 2. The van der Waals surface area contributed by atoms with Gasteiger partial charge in [-0.1, -0.05) is 41.6 Å². The zero-order valence-corrected chi connectivity index (χ0v) is 29.1. The van der Waals surface area contributed by atoms with E-state index in [4.69, 9.17) is 10.6 Å². The fourth-order valence-corrected chi connectivity index (χ4v) is 7.63. The largest absolute Gasteiger partial charge is 0.504 e. The number of carboxylic acids is 2. The number of fused-ring (bicyclic) bond motifs is 2. The number of benzene rings is 2. The fourth-order valence-electron chi connectivity index (χ4n) is 5.69. The van der Waals surface area contributed by atoms with E-state index < -0.39 is 40.5 Å². The number of phenolic OH excluding ortho intramolecular Hbond substituents is 2. The van der Waals surface area contributed by atoms with Gasteiger partial charge in [0.15, 0.2) is 39.2 Å². The number of anilines is 1. The first kappa shape index (κ1) is 35.2. The van der Waals surface area contributed by atoms with Crippen molar-refractivity contribution >= 4 is 74.7 Å². The van der Waals surface area contributed by atoms with Gasteiger partial charge in [-0.2, -0.15) is 0 Å². The van der Waals surface area contributed by atoms with E-state index in [0.29, 0.717) is 12.1 Å². The molecule has 1 saturated heterocycles. The molecule has 4 aromatic rings. The van der Waals surface area contributed by atoms with E-state index in [1.54, 1.807) is 12.2 Å². The number of thioether (sulfide) groups is 1. The maximum absolute atomic E-state index is 13.4. The molecule has 2 atom stereocenters. The summed E-state index contributed by atoms with van der Waals surface area (Å²) in [5.74, 6) is -4.73. The lowest BCUT2D eigenvalue weighted by Gasteiger charge is -2.49. The van der Waals surface area contributed by atoms with Gasteiger partial charge in [-0.15, -0.1) is 23.1 Å². The first-order chi connectivity index (χ1) is 24.1. The third-order valence-electron chi connectivity index (χ3n) is 8.51. The Hall–Kier alpha value is -5.68. The molecule has 0 aliphatic carbocycles. The predicted molar refractivity (Wildman–Crippen MR) is 188 cm³/mol. The van der Waals surface area contributed by atoms with Crippen LogP contribution in [0.15, 0.2) is 70.6 Å². The summed E-state index contributed by atoms with van der Waals surface area (Å²) < 4.78 is 3.79. The highest BCUT2D eigenvalue weighted by atomic mass is 32.2. The second kappa shape index (κ2) is 13.6. The molecule has 2 aromatic carbocycles. The van der Waals surface area contributed by atoms with Crippen molar-refractivity contribution < 1.29 is 49.0 Å². The van der Waals surface area contributed by atoms with Gasteiger partial charge >= 0.3 is 11.9 Å². The number of aromatic hydroxyl groups is 2. The molecule has 264 valence electrons. The van der Waals surface area contributed by atoms with Crippen molar-refractivity contribution in [2.24, 2.45) is 18.1 Å². The number of hydrogen-bond donors (Lipinski definition) is 5. The second-order valence-electron chi connectivity index (χ2n) is 12.5. The van der Waals surface area contributed by atoms with E-state index in [1.807, 2.05) is 46.8 Å². The Balaban J connectivity index is 1.16. The normalized spacial score (nSPS) is 17.9. The number of carbonyl (C=O) groups excluding carboxylic acids is 2. The second-order valence-corrected chi connectivity index (χ2v) is 14.5. The van der Waals surface area contributed by atoms with Gasteiger partial charge in [0.25, 0.3) is 0 Å². The average molecular weight is 734 g/mol. The van der Waals surface area contributed by atoms with Crippen LogP contribution in [0.1, 0.15) is 37.1 Å². The number of thiazole rings is 1. The van der Waals surface area contributed by atoms with Gasteiger partial charge in [0.1, 0.15) is 17.9 Å². The van der Waals surface area contributed by atoms with Crippen LogP contribution in [0.4, 0.5) is 5.13 Å². The van der Waals surface area contributed by atoms with E-state index >= 15 is 0 Å². The summed E-state index contributed by atoms with van der Waals surface area (Å²) in [4.78, 5) is 61.2. The number of hydrogen-bond acceptors (Lipinski definition) is 12. The first-order valence-electron chi connectivity index (χ1n) is 15.5. The molecular formula is C34H33N6O9S2+. The average Bonchev–Trinajstić information content (AvgIpc) is 3.64.